The van der Waals surface area contributed by atoms with Crippen LogP contribution in [0.1, 0.15) is 70.4 Å². The van der Waals surface area contributed by atoms with Crippen LogP contribution < -0.4 is 27.7 Å². The number of benzene rings is 1. The molecule has 3 amide bonds. The highest BCUT2D eigenvalue weighted by atomic mass is 35.5. The fourth-order valence-electron chi connectivity index (χ4n) is 3.72. The normalized spacial score (nSPS) is 11.8. The minimum absolute atomic E-state index is 0.0200. The molecule has 46 heavy (non-hydrogen) atoms. The summed E-state index contributed by atoms with van der Waals surface area (Å²) in [5.74, 6) is -1.35. The zero-order valence-electron chi connectivity index (χ0n) is 26.9. The number of carbonyl (C=O) groups is 3. The number of hydrogen-bond acceptors (Lipinski definition) is 11. The summed E-state index contributed by atoms with van der Waals surface area (Å²) in [6.45, 7) is 10.2. The number of nitrogens with one attached hydrogen (secondary N) is 1. The highest BCUT2D eigenvalue weighted by Gasteiger charge is 2.27. The third-order valence-corrected chi connectivity index (χ3v) is 6.02. The smallest absolute Gasteiger partial charge is 0.437 e. The molecule has 0 bridgehead atoms. The number of guanidine groups is 2. The number of aromatic nitrogens is 2. The molecule has 0 fully saturated rings. The predicted molar refractivity (Wildman–Crippen MR) is 174 cm³/mol. The van der Waals surface area contributed by atoms with Gasteiger partial charge in [-0.3, -0.25) is 15.1 Å². The van der Waals surface area contributed by atoms with E-state index in [1.165, 1.54) is 0 Å². The molecule has 0 aliphatic heterocycles. The van der Waals surface area contributed by atoms with Crippen LogP contribution in [0.5, 0.6) is 5.75 Å². The van der Waals surface area contributed by atoms with Crippen molar-refractivity contribution in [2.24, 2.45) is 16.5 Å². The maximum atomic E-state index is 12.9. The highest BCUT2D eigenvalue weighted by Crippen LogP contribution is 2.20. The number of carbonyl (C=O) groups excluding carboxylic acids is 3. The van der Waals surface area contributed by atoms with Crippen LogP contribution >= 0.6 is 11.6 Å². The number of ether oxygens (including phenoxy) is 3. The van der Waals surface area contributed by atoms with Crippen molar-refractivity contribution in [1.29, 1.82) is 5.41 Å². The molecule has 0 atom stereocenters. The average Bonchev–Trinajstić information content (AvgIpc) is 2.91. The number of amides is 3. The molecule has 1 aromatic heterocycles. The highest BCUT2D eigenvalue weighted by molar-refractivity contribution is 6.31. The number of hydrogen-bond donors (Lipinski definition) is 5. The van der Waals surface area contributed by atoms with E-state index < -0.39 is 35.3 Å². The predicted octanol–water partition coefficient (Wildman–Crippen LogP) is 3.52. The van der Waals surface area contributed by atoms with Crippen LogP contribution in [0.15, 0.2) is 29.3 Å². The molecule has 9 N–H and O–H groups in total. The topological polar surface area (TPSA) is 251 Å². The molecule has 0 saturated heterocycles. The van der Waals surface area contributed by atoms with Crippen LogP contribution in [-0.4, -0.2) is 80.7 Å². The van der Waals surface area contributed by atoms with Gasteiger partial charge in [-0.2, -0.15) is 0 Å². The SMILES string of the molecule is CC(C)(C)OC(=O)N=C(N)N(CCOc1ccc(CCCCN(C(=N)N)C(=O)c2nc(Cl)c(N)nc2N)cc1)C(=O)OC(C)(C)C. The lowest BCUT2D eigenvalue weighted by Crippen LogP contribution is -2.47. The standard InChI is InChI=1S/C29H43ClN10O6/c1-28(2,3)45-26(42)38-25(35)40(27(43)46-29(4,5)6)15-16-44-18-12-10-17(11-13-18)9-7-8-14-39(24(33)34)23(41)19-21(31)37-22(32)20(30)36-19/h10-13H,7-9,14-16H2,1-6H3,(H3,33,34)(H4,31,32,37)(H2,35,38,42). The van der Waals surface area contributed by atoms with Gasteiger partial charge in [0.05, 0.1) is 6.54 Å². The summed E-state index contributed by atoms with van der Waals surface area (Å²) in [5, 5.41) is 7.63. The van der Waals surface area contributed by atoms with E-state index in [0.29, 0.717) is 25.0 Å². The number of unbranched alkanes of at least 4 members (excludes halogenated alkanes) is 1. The molecule has 0 unspecified atom stereocenters. The molecule has 252 valence electrons. The van der Waals surface area contributed by atoms with Gasteiger partial charge in [-0.05, 0) is 78.5 Å². The van der Waals surface area contributed by atoms with Crippen molar-refractivity contribution >= 4 is 53.2 Å². The molecule has 2 aromatic rings. The first-order valence-electron chi connectivity index (χ1n) is 14.3. The first-order chi connectivity index (χ1) is 21.3. The molecule has 0 aliphatic carbocycles. The van der Waals surface area contributed by atoms with E-state index in [1.54, 1.807) is 53.7 Å². The van der Waals surface area contributed by atoms with E-state index in [9.17, 15) is 14.4 Å². The zero-order valence-corrected chi connectivity index (χ0v) is 27.7. The van der Waals surface area contributed by atoms with Gasteiger partial charge in [0.1, 0.15) is 23.6 Å². The molecule has 2 rings (SSSR count). The third kappa shape index (κ3) is 12.3. The Balaban J connectivity index is 1.94. The quantitative estimate of drug-likeness (QED) is 0.139. The van der Waals surface area contributed by atoms with E-state index in [2.05, 4.69) is 15.0 Å². The molecule has 16 nitrogen and oxygen atoms in total. The fraction of sp³-hybridized carbons (Fsp3) is 0.483. The Hall–Kier alpha value is -4.86. The summed E-state index contributed by atoms with van der Waals surface area (Å²) < 4.78 is 16.3. The molecule has 17 heteroatoms. The van der Waals surface area contributed by atoms with Crippen LogP contribution in [0.4, 0.5) is 21.2 Å². The summed E-state index contributed by atoms with van der Waals surface area (Å²) in [7, 11) is 0. The first kappa shape index (κ1) is 37.3. The fourth-order valence-corrected chi connectivity index (χ4v) is 3.85. The van der Waals surface area contributed by atoms with Crippen molar-refractivity contribution < 1.29 is 28.6 Å². The Morgan fingerprint density at radius 3 is 2.07 bits per heavy atom. The summed E-state index contributed by atoms with van der Waals surface area (Å²) in [6.07, 6.45) is 0.116. The van der Waals surface area contributed by atoms with Crippen molar-refractivity contribution in [3.63, 3.8) is 0 Å². The molecule has 0 aliphatic rings. The number of halogens is 1. The number of nitrogens with two attached hydrogens (primary N) is 4. The van der Waals surface area contributed by atoms with Gasteiger partial charge < -0.3 is 37.1 Å². The maximum Gasteiger partial charge on any atom is 0.437 e. The van der Waals surface area contributed by atoms with Crippen molar-refractivity contribution in [3.8, 4) is 5.75 Å². The van der Waals surface area contributed by atoms with E-state index in [1.807, 2.05) is 12.1 Å². The largest absolute Gasteiger partial charge is 0.492 e. The Morgan fingerprint density at radius 2 is 1.50 bits per heavy atom. The average molecular weight is 663 g/mol. The second kappa shape index (κ2) is 15.9. The number of rotatable bonds is 10. The summed E-state index contributed by atoms with van der Waals surface area (Å²) >= 11 is 5.88. The molecular weight excluding hydrogens is 620 g/mol. The van der Waals surface area contributed by atoms with Crippen molar-refractivity contribution in [1.82, 2.24) is 19.8 Å². The van der Waals surface area contributed by atoms with Crippen LogP contribution in [-0.2, 0) is 15.9 Å². The number of aryl methyl sites for hydroxylation is 1. The number of aliphatic imine (C=N–C) groups is 1. The molecule has 0 spiro atoms. The lowest BCUT2D eigenvalue weighted by Gasteiger charge is -2.26. The van der Waals surface area contributed by atoms with E-state index in [4.69, 9.17) is 54.2 Å². The first-order valence-corrected chi connectivity index (χ1v) is 14.7. The Kier molecular flexibility index (Phi) is 12.9. The second-order valence-electron chi connectivity index (χ2n) is 12.0. The summed E-state index contributed by atoms with van der Waals surface area (Å²) in [5.41, 5.74) is 22.1. The van der Waals surface area contributed by atoms with Gasteiger partial charge in [0, 0.05) is 6.54 Å². The van der Waals surface area contributed by atoms with Crippen LogP contribution in [0, 0.1) is 5.41 Å². The Morgan fingerprint density at radius 1 is 0.891 bits per heavy atom. The van der Waals surface area contributed by atoms with E-state index in [0.717, 1.165) is 15.4 Å². The summed E-state index contributed by atoms with van der Waals surface area (Å²) in [4.78, 5) is 51.2. The van der Waals surface area contributed by atoms with Crippen molar-refractivity contribution in [2.75, 3.05) is 31.2 Å². The van der Waals surface area contributed by atoms with Gasteiger partial charge >= 0.3 is 12.2 Å². The van der Waals surface area contributed by atoms with Crippen LogP contribution in [0.2, 0.25) is 5.15 Å². The van der Waals surface area contributed by atoms with Crippen LogP contribution in [0.3, 0.4) is 0 Å². The number of nitrogens with zero attached hydrogens (tertiary/aromatic N) is 5. The van der Waals surface area contributed by atoms with Gasteiger partial charge in [-0.1, -0.05) is 23.7 Å². The monoisotopic (exact) mass is 662 g/mol. The number of anilines is 2. The molecule has 1 aromatic carbocycles. The van der Waals surface area contributed by atoms with Gasteiger partial charge in [-0.25, -0.2) is 24.5 Å². The van der Waals surface area contributed by atoms with E-state index >= 15 is 0 Å². The van der Waals surface area contributed by atoms with Gasteiger partial charge in [-0.15, -0.1) is 4.99 Å². The number of nitrogen functional groups attached to an aromatic ring is 2. The lowest BCUT2D eigenvalue weighted by molar-refractivity contribution is 0.0349. The van der Waals surface area contributed by atoms with Crippen molar-refractivity contribution in [2.45, 2.75) is 72.0 Å². The third-order valence-electron chi connectivity index (χ3n) is 5.74. The molecule has 1 heterocycles. The lowest BCUT2D eigenvalue weighted by atomic mass is 10.1. The Labute approximate surface area is 272 Å². The van der Waals surface area contributed by atoms with Gasteiger partial charge in [0.25, 0.3) is 5.91 Å². The van der Waals surface area contributed by atoms with E-state index in [-0.39, 0.29) is 48.1 Å². The van der Waals surface area contributed by atoms with Gasteiger partial charge in [0.15, 0.2) is 28.4 Å². The molecule has 0 radical (unpaired) electrons. The summed E-state index contributed by atoms with van der Waals surface area (Å²) in [6, 6.07) is 7.28. The van der Waals surface area contributed by atoms with Gasteiger partial charge in [0.2, 0.25) is 5.96 Å². The zero-order chi connectivity index (χ0) is 34.8. The minimum Gasteiger partial charge on any atom is -0.492 e. The second-order valence-corrected chi connectivity index (χ2v) is 12.4. The Bertz CT molecular complexity index is 1440. The molecular formula is C29H43ClN10O6. The van der Waals surface area contributed by atoms with Crippen LogP contribution in [0.25, 0.3) is 0 Å². The van der Waals surface area contributed by atoms with Crippen molar-refractivity contribution in [3.05, 3.63) is 40.7 Å². The maximum absolute atomic E-state index is 12.9. The minimum atomic E-state index is -0.943. The molecule has 0 saturated carbocycles.